The maximum atomic E-state index is 6.08. The van der Waals surface area contributed by atoms with Crippen LogP contribution in [0.5, 0.6) is 0 Å². The van der Waals surface area contributed by atoms with Crippen molar-refractivity contribution in [3.63, 3.8) is 0 Å². The molecule has 3 unspecified atom stereocenters. The molecule has 0 radical (unpaired) electrons. The summed E-state index contributed by atoms with van der Waals surface area (Å²) in [7, 11) is 0. The molecule has 1 fully saturated rings. The molecule has 1 rings (SSSR count). The van der Waals surface area contributed by atoms with Crippen LogP contribution in [-0.2, 0) is 4.74 Å². The van der Waals surface area contributed by atoms with E-state index in [1.54, 1.807) is 0 Å². The fraction of sp³-hybridized carbons (Fsp3) is 1.00. The number of rotatable bonds is 4. The summed E-state index contributed by atoms with van der Waals surface area (Å²) in [5, 5.41) is 0. The largest absolute Gasteiger partial charge is 0.376 e. The first-order chi connectivity index (χ1) is 6.93. The summed E-state index contributed by atoms with van der Waals surface area (Å²) in [6.07, 6.45) is 5.20. The first-order valence-electron chi connectivity index (χ1n) is 6.33. The topological polar surface area (TPSA) is 35.2 Å². The van der Waals surface area contributed by atoms with Crippen LogP contribution in [-0.4, -0.2) is 18.2 Å². The van der Waals surface area contributed by atoms with Gasteiger partial charge in [-0.1, -0.05) is 20.8 Å². The van der Waals surface area contributed by atoms with Crippen molar-refractivity contribution < 1.29 is 4.74 Å². The van der Waals surface area contributed by atoms with E-state index >= 15 is 0 Å². The van der Waals surface area contributed by atoms with Gasteiger partial charge >= 0.3 is 0 Å². The van der Waals surface area contributed by atoms with E-state index in [2.05, 4.69) is 27.7 Å². The number of ether oxygens (including phenoxy) is 1. The van der Waals surface area contributed by atoms with Crippen molar-refractivity contribution in [3.05, 3.63) is 0 Å². The summed E-state index contributed by atoms with van der Waals surface area (Å²) in [6.45, 7) is 9.55. The van der Waals surface area contributed by atoms with Gasteiger partial charge in [-0.05, 0) is 44.4 Å². The molecule has 1 aliphatic rings. The Balaban J connectivity index is 2.32. The molecule has 15 heavy (non-hydrogen) atoms. The predicted octanol–water partition coefficient (Wildman–Crippen LogP) is 2.96. The minimum atomic E-state index is -0.149. The Kier molecular flexibility index (Phi) is 4.60. The molecule has 0 aromatic rings. The first-order valence-corrected chi connectivity index (χ1v) is 6.33. The molecule has 2 N–H and O–H groups in total. The lowest BCUT2D eigenvalue weighted by Crippen LogP contribution is -2.42. The van der Waals surface area contributed by atoms with Crippen LogP contribution in [0.3, 0.4) is 0 Å². The molecule has 0 spiro atoms. The second kappa shape index (κ2) is 5.31. The van der Waals surface area contributed by atoms with E-state index in [1.165, 1.54) is 19.3 Å². The summed E-state index contributed by atoms with van der Waals surface area (Å²) in [5.74, 6) is 1.62. The van der Waals surface area contributed by atoms with E-state index in [0.29, 0.717) is 12.7 Å². The fourth-order valence-corrected chi connectivity index (χ4v) is 2.42. The molecule has 0 saturated heterocycles. The second-order valence-electron chi connectivity index (χ2n) is 5.86. The molecule has 90 valence electrons. The molecule has 0 bridgehead atoms. The first kappa shape index (κ1) is 13.0. The van der Waals surface area contributed by atoms with Gasteiger partial charge in [-0.2, -0.15) is 0 Å². The summed E-state index contributed by atoms with van der Waals surface area (Å²) < 4.78 is 5.95. The molecule has 0 heterocycles. The van der Waals surface area contributed by atoms with Gasteiger partial charge in [0.1, 0.15) is 0 Å². The predicted molar refractivity (Wildman–Crippen MR) is 64.8 cm³/mol. The summed E-state index contributed by atoms with van der Waals surface area (Å²) in [5.41, 5.74) is 5.93. The molecule has 0 aromatic heterocycles. The Morgan fingerprint density at radius 3 is 2.20 bits per heavy atom. The maximum absolute atomic E-state index is 6.08. The zero-order chi connectivity index (χ0) is 11.5. The van der Waals surface area contributed by atoms with E-state index in [0.717, 1.165) is 18.3 Å². The Labute approximate surface area is 94.6 Å². The van der Waals surface area contributed by atoms with Gasteiger partial charge in [0.2, 0.25) is 0 Å². The average molecular weight is 213 g/mol. The third-order valence-corrected chi connectivity index (χ3v) is 3.59. The zero-order valence-electron chi connectivity index (χ0n) is 10.8. The lowest BCUT2D eigenvalue weighted by atomic mass is 9.81. The van der Waals surface area contributed by atoms with Crippen molar-refractivity contribution in [2.75, 3.05) is 6.61 Å². The quantitative estimate of drug-likeness (QED) is 0.779. The highest BCUT2D eigenvalue weighted by molar-refractivity contribution is 4.79. The maximum Gasteiger partial charge on any atom is 0.0647 e. The van der Waals surface area contributed by atoms with Crippen LogP contribution >= 0.6 is 0 Å². The number of hydrogen-bond acceptors (Lipinski definition) is 2. The van der Waals surface area contributed by atoms with Crippen molar-refractivity contribution in [2.24, 2.45) is 17.6 Å². The van der Waals surface area contributed by atoms with Gasteiger partial charge < -0.3 is 10.5 Å². The van der Waals surface area contributed by atoms with Gasteiger partial charge in [0, 0.05) is 5.54 Å². The molecule has 2 heteroatoms. The van der Waals surface area contributed by atoms with E-state index in [-0.39, 0.29) is 5.54 Å². The minimum absolute atomic E-state index is 0.149. The second-order valence-corrected chi connectivity index (χ2v) is 5.86. The lowest BCUT2D eigenvalue weighted by Gasteiger charge is -2.33. The molecule has 0 aliphatic heterocycles. The number of hydrogen-bond donors (Lipinski definition) is 1. The van der Waals surface area contributed by atoms with Crippen molar-refractivity contribution in [2.45, 2.75) is 65.0 Å². The van der Waals surface area contributed by atoms with E-state index in [1.807, 2.05) is 0 Å². The summed E-state index contributed by atoms with van der Waals surface area (Å²) in [6, 6.07) is 0. The van der Waals surface area contributed by atoms with Gasteiger partial charge in [0.25, 0.3) is 0 Å². The third kappa shape index (κ3) is 4.52. The van der Waals surface area contributed by atoms with Gasteiger partial charge in [0.15, 0.2) is 0 Å². The van der Waals surface area contributed by atoms with Crippen molar-refractivity contribution in [3.8, 4) is 0 Å². The summed E-state index contributed by atoms with van der Waals surface area (Å²) in [4.78, 5) is 0. The van der Waals surface area contributed by atoms with E-state index in [4.69, 9.17) is 10.5 Å². The van der Waals surface area contributed by atoms with Crippen molar-refractivity contribution >= 4 is 0 Å². The Bertz CT molecular complexity index is 181. The van der Waals surface area contributed by atoms with Gasteiger partial charge in [-0.3, -0.25) is 0 Å². The van der Waals surface area contributed by atoms with Crippen molar-refractivity contribution in [1.82, 2.24) is 0 Å². The Hall–Kier alpha value is -0.0800. The van der Waals surface area contributed by atoms with Gasteiger partial charge in [-0.15, -0.1) is 0 Å². The zero-order valence-corrected chi connectivity index (χ0v) is 10.8. The van der Waals surface area contributed by atoms with Gasteiger partial charge in [-0.25, -0.2) is 0 Å². The lowest BCUT2D eigenvalue weighted by molar-refractivity contribution is -0.0198. The Morgan fingerprint density at radius 2 is 1.73 bits per heavy atom. The van der Waals surface area contributed by atoms with Gasteiger partial charge in [0.05, 0.1) is 12.7 Å². The molecule has 2 nitrogen and oxygen atoms in total. The Morgan fingerprint density at radius 1 is 1.20 bits per heavy atom. The smallest absolute Gasteiger partial charge is 0.0647 e. The van der Waals surface area contributed by atoms with Crippen LogP contribution in [0.4, 0.5) is 0 Å². The highest BCUT2D eigenvalue weighted by Gasteiger charge is 2.26. The molecule has 1 aliphatic carbocycles. The average Bonchev–Trinajstić information content (AvgIpc) is 2.14. The molecule has 0 amide bonds. The molecule has 3 atom stereocenters. The highest BCUT2D eigenvalue weighted by atomic mass is 16.5. The van der Waals surface area contributed by atoms with Crippen LogP contribution in [0.25, 0.3) is 0 Å². The molecular weight excluding hydrogens is 186 g/mol. The van der Waals surface area contributed by atoms with Crippen LogP contribution < -0.4 is 5.73 Å². The van der Waals surface area contributed by atoms with E-state index in [9.17, 15) is 0 Å². The van der Waals surface area contributed by atoms with Crippen molar-refractivity contribution in [1.29, 1.82) is 0 Å². The minimum Gasteiger partial charge on any atom is -0.376 e. The monoisotopic (exact) mass is 213 g/mol. The molecular formula is C13H27NO. The van der Waals surface area contributed by atoms with Crippen LogP contribution in [0, 0.1) is 11.8 Å². The normalized spacial score (nSPS) is 36.2. The molecule has 0 aromatic carbocycles. The number of nitrogens with two attached hydrogens (primary N) is 1. The standard InChI is InChI=1S/C13H27NO/c1-5-13(4,14)9-15-12-7-10(2)6-11(3)8-12/h10-12H,5-9,14H2,1-4H3. The SMILES string of the molecule is CCC(C)(N)COC1CC(C)CC(C)C1. The van der Waals surface area contributed by atoms with Crippen LogP contribution in [0.2, 0.25) is 0 Å². The third-order valence-electron chi connectivity index (χ3n) is 3.59. The molecule has 1 saturated carbocycles. The van der Waals surface area contributed by atoms with Crippen LogP contribution in [0.1, 0.15) is 53.4 Å². The van der Waals surface area contributed by atoms with Crippen LogP contribution in [0.15, 0.2) is 0 Å². The summed E-state index contributed by atoms with van der Waals surface area (Å²) >= 11 is 0. The van der Waals surface area contributed by atoms with E-state index < -0.39 is 0 Å². The highest BCUT2D eigenvalue weighted by Crippen LogP contribution is 2.30. The fourth-order valence-electron chi connectivity index (χ4n) is 2.42.